The van der Waals surface area contributed by atoms with Gasteiger partial charge >= 0.3 is 0 Å². The molecule has 2 aromatic rings. The third-order valence-corrected chi connectivity index (χ3v) is 1.75. The molecule has 13 heavy (non-hydrogen) atoms. The third kappa shape index (κ3) is 1.34. The molecule has 0 bridgehead atoms. The lowest BCUT2D eigenvalue weighted by Crippen LogP contribution is -1.96. The number of hydrogen-bond acceptors (Lipinski definition) is 4. The van der Waals surface area contributed by atoms with E-state index in [-0.39, 0.29) is 0 Å². The maximum Gasteiger partial charge on any atom is 0.163 e. The van der Waals surface area contributed by atoms with Gasteiger partial charge in [-0.3, -0.25) is 0 Å². The van der Waals surface area contributed by atoms with Gasteiger partial charge in [-0.25, -0.2) is 15.0 Å². The van der Waals surface area contributed by atoms with Gasteiger partial charge in [0.25, 0.3) is 0 Å². The second kappa shape index (κ2) is 3.19. The van der Waals surface area contributed by atoms with E-state index in [1.165, 1.54) is 6.33 Å². The van der Waals surface area contributed by atoms with E-state index in [0.717, 1.165) is 11.2 Å². The van der Waals surface area contributed by atoms with Gasteiger partial charge in [-0.1, -0.05) is 0 Å². The zero-order valence-corrected chi connectivity index (χ0v) is 6.88. The van der Waals surface area contributed by atoms with Crippen molar-refractivity contribution in [3.05, 3.63) is 18.9 Å². The van der Waals surface area contributed by atoms with Crippen molar-refractivity contribution in [2.24, 2.45) is 0 Å². The molecule has 5 nitrogen and oxygen atoms in total. The summed E-state index contributed by atoms with van der Waals surface area (Å²) >= 11 is 0. The Bertz CT molecular complexity index is 453. The molecule has 0 fully saturated rings. The standard InChI is InChI=1S/C8H7N5/c9-2-1-3-13-6-12-7-4-10-5-11-8(7)13/h4-6H,1,3H2. The van der Waals surface area contributed by atoms with Crippen molar-refractivity contribution in [3.8, 4) is 6.07 Å². The molecule has 2 rings (SSSR count). The number of rotatable bonds is 2. The Hall–Kier alpha value is -1.96. The average molecular weight is 173 g/mol. The first-order chi connectivity index (χ1) is 6.42. The highest BCUT2D eigenvalue weighted by molar-refractivity contribution is 5.68. The summed E-state index contributed by atoms with van der Waals surface area (Å²) in [5.74, 6) is 0. The highest BCUT2D eigenvalue weighted by Crippen LogP contribution is 2.07. The van der Waals surface area contributed by atoms with Crippen LogP contribution in [0.1, 0.15) is 6.42 Å². The number of aryl methyl sites for hydroxylation is 1. The first-order valence-corrected chi connectivity index (χ1v) is 3.89. The molecule has 0 saturated heterocycles. The Morgan fingerprint density at radius 3 is 3.23 bits per heavy atom. The summed E-state index contributed by atoms with van der Waals surface area (Å²) in [6.07, 6.45) is 5.28. The third-order valence-electron chi connectivity index (χ3n) is 1.75. The van der Waals surface area contributed by atoms with Crippen LogP contribution in [-0.4, -0.2) is 19.5 Å². The van der Waals surface area contributed by atoms with E-state index in [1.807, 2.05) is 4.57 Å². The minimum Gasteiger partial charge on any atom is -0.314 e. The Balaban J connectivity index is 2.41. The van der Waals surface area contributed by atoms with E-state index in [9.17, 15) is 0 Å². The van der Waals surface area contributed by atoms with Crippen molar-refractivity contribution in [2.45, 2.75) is 13.0 Å². The summed E-state index contributed by atoms with van der Waals surface area (Å²) in [5.41, 5.74) is 1.55. The zero-order chi connectivity index (χ0) is 9.10. The van der Waals surface area contributed by atoms with Crippen LogP contribution in [0.2, 0.25) is 0 Å². The summed E-state index contributed by atoms with van der Waals surface area (Å²) in [4.78, 5) is 12.0. The highest BCUT2D eigenvalue weighted by atomic mass is 15.1. The van der Waals surface area contributed by atoms with Crippen molar-refractivity contribution >= 4 is 11.2 Å². The van der Waals surface area contributed by atoms with E-state index in [1.54, 1.807) is 12.5 Å². The van der Waals surface area contributed by atoms with E-state index >= 15 is 0 Å². The van der Waals surface area contributed by atoms with Crippen LogP contribution < -0.4 is 0 Å². The topological polar surface area (TPSA) is 67.4 Å². The number of hydrogen-bond donors (Lipinski definition) is 0. The van der Waals surface area contributed by atoms with Crippen LogP contribution in [0, 0.1) is 11.3 Å². The van der Waals surface area contributed by atoms with Gasteiger partial charge in [0.15, 0.2) is 5.65 Å². The van der Waals surface area contributed by atoms with E-state index in [2.05, 4.69) is 21.0 Å². The minimum absolute atomic E-state index is 0.468. The van der Waals surface area contributed by atoms with Gasteiger partial charge in [-0.05, 0) is 0 Å². The summed E-state index contributed by atoms with van der Waals surface area (Å²) in [7, 11) is 0. The van der Waals surface area contributed by atoms with Crippen LogP contribution in [0.5, 0.6) is 0 Å². The quantitative estimate of drug-likeness (QED) is 0.671. The van der Waals surface area contributed by atoms with Crippen LogP contribution in [-0.2, 0) is 6.54 Å². The number of imidazole rings is 1. The monoisotopic (exact) mass is 173 g/mol. The summed E-state index contributed by atoms with van der Waals surface area (Å²) in [6, 6.07) is 2.08. The fourth-order valence-corrected chi connectivity index (χ4v) is 1.15. The van der Waals surface area contributed by atoms with E-state index < -0.39 is 0 Å². The molecule has 0 amide bonds. The second-order valence-electron chi connectivity index (χ2n) is 2.58. The maximum atomic E-state index is 8.42. The van der Waals surface area contributed by atoms with Crippen LogP contribution in [0.15, 0.2) is 18.9 Å². The average Bonchev–Trinajstić information content (AvgIpc) is 2.58. The fourth-order valence-electron chi connectivity index (χ4n) is 1.15. The Morgan fingerprint density at radius 2 is 2.38 bits per heavy atom. The zero-order valence-electron chi connectivity index (χ0n) is 6.88. The Morgan fingerprint density at radius 1 is 1.46 bits per heavy atom. The van der Waals surface area contributed by atoms with Gasteiger partial charge < -0.3 is 4.57 Å². The molecule has 5 heteroatoms. The molecule has 0 aromatic carbocycles. The molecule has 2 aromatic heterocycles. The van der Waals surface area contributed by atoms with Gasteiger partial charge in [0.1, 0.15) is 11.8 Å². The van der Waals surface area contributed by atoms with Crippen molar-refractivity contribution in [3.63, 3.8) is 0 Å². The van der Waals surface area contributed by atoms with Crippen molar-refractivity contribution in [2.75, 3.05) is 0 Å². The molecule has 0 aliphatic carbocycles. The molecule has 0 N–H and O–H groups in total. The van der Waals surface area contributed by atoms with E-state index in [0.29, 0.717) is 13.0 Å². The molecule has 0 saturated carbocycles. The smallest absolute Gasteiger partial charge is 0.163 e. The maximum absolute atomic E-state index is 8.42. The van der Waals surface area contributed by atoms with Crippen LogP contribution >= 0.6 is 0 Å². The predicted octanol–water partition coefficient (Wildman–Crippen LogP) is 0.740. The lowest BCUT2D eigenvalue weighted by Gasteiger charge is -1.96. The molecule has 2 heterocycles. The van der Waals surface area contributed by atoms with Crippen molar-refractivity contribution in [1.29, 1.82) is 5.26 Å². The number of aromatic nitrogens is 4. The molecule has 0 unspecified atom stereocenters. The molecule has 0 aliphatic heterocycles. The minimum atomic E-state index is 0.468. The van der Waals surface area contributed by atoms with Crippen LogP contribution in [0.4, 0.5) is 0 Å². The first kappa shape index (κ1) is 7.68. The number of nitrogens with zero attached hydrogens (tertiary/aromatic N) is 5. The van der Waals surface area contributed by atoms with Crippen molar-refractivity contribution < 1.29 is 0 Å². The normalized spacial score (nSPS) is 10.1. The second-order valence-corrected chi connectivity index (χ2v) is 2.58. The predicted molar refractivity (Wildman–Crippen MR) is 45.6 cm³/mol. The SMILES string of the molecule is N#CCCn1cnc2cncnc21. The Kier molecular flexibility index (Phi) is 1.88. The molecular weight excluding hydrogens is 166 g/mol. The fraction of sp³-hybridized carbons (Fsp3) is 0.250. The van der Waals surface area contributed by atoms with Crippen LogP contribution in [0.25, 0.3) is 11.2 Å². The highest BCUT2D eigenvalue weighted by Gasteiger charge is 2.01. The number of nitriles is 1. The molecule has 0 aliphatic rings. The van der Waals surface area contributed by atoms with Gasteiger partial charge in [0.2, 0.25) is 0 Å². The van der Waals surface area contributed by atoms with Gasteiger partial charge in [-0.2, -0.15) is 5.26 Å². The summed E-state index contributed by atoms with van der Waals surface area (Å²) in [6.45, 7) is 0.629. The van der Waals surface area contributed by atoms with E-state index in [4.69, 9.17) is 5.26 Å². The van der Waals surface area contributed by atoms with Crippen molar-refractivity contribution in [1.82, 2.24) is 19.5 Å². The van der Waals surface area contributed by atoms with Gasteiger partial charge in [0, 0.05) is 6.54 Å². The van der Waals surface area contributed by atoms with Crippen LogP contribution in [0.3, 0.4) is 0 Å². The molecule has 0 radical (unpaired) electrons. The van der Waals surface area contributed by atoms with Gasteiger partial charge in [-0.15, -0.1) is 0 Å². The largest absolute Gasteiger partial charge is 0.314 e. The summed E-state index contributed by atoms with van der Waals surface area (Å²) in [5, 5.41) is 8.42. The lowest BCUT2D eigenvalue weighted by atomic mass is 10.4. The molecule has 64 valence electrons. The number of fused-ring (bicyclic) bond motifs is 1. The molecule has 0 atom stereocenters. The molecule has 0 spiro atoms. The summed E-state index contributed by atoms with van der Waals surface area (Å²) < 4.78 is 1.85. The lowest BCUT2D eigenvalue weighted by molar-refractivity contribution is 0.729. The Labute approximate surface area is 74.7 Å². The first-order valence-electron chi connectivity index (χ1n) is 3.89. The molecular formula is C8H7N5. The van der Waals surface area contributed by atoms with Gasteiger partial charge in [0.05, 0.1) is 25.0 Å².